The number of benzene rings is 2. The molecule has 154 valence electrons. The van der Waals surface area contributed by atoms with Crippen molar-refractivity contribution in [2.45, 2.75) is 38.0 Å². The van der Waals surface area contributed by atoms with Gasteiger partial charge in [0, 0.05) is 5.92 Å². The summed E-state index contributed by atoms with van der Waals surface area (Å²) >= 11 is 0. The Kier molecular flexibility index (Phi) is 5.79. The molecular weight excluding hydrogens is 364 g/mol. The zero-order valence-corrected chi connectivity index (χ0v) is 17.5. The predicted octanol–water partition coefficient (Wildman–Crippen LogP) is 5.18. The van der Waals surface area contributed by atoms with Gasteiger partial charge < -0.3 is 14.2 Å². The smallest absolute Gasteiger partial charge is 0.309 e. The number of esters is 1. The normalized spacial score (nSPS) is 22.4. The molecule has 0 spiro atoms. The van der Waals surface area contributed by atoms with Gasteiger partial charge in [0.15, 0.2) is 0 Å². The van der Waals surface area contributed by atoms with E-state index in [0.29, 0.717) is 24.4 Å². The maximum Gasteiger partial charge on any atom is 0.309 e. The van der Waals surface area contributed by atoms with Crippen LogP contribution in [0.1, 0.15) is 49.1 Å². The van der Waals surface area contributed by atoms with Gasteiger partial charge in [0.2, 0.25) is 0 Å². The zero-order valence-electron chi connectivity index (χ0n) is 17.5. The third-order valence-electron chi connectivity index (χ3n) is 6.39. The van der Waals surface area contributed by atoms with Gasteiger partial charge in [0.25, 0.3) is 0 Å². The summed E-state index contributed by atoms with van der Waals surface area (Å²) in [4.78, 5) is 12.1. The topological polar surface area (TPSA) is 44.8 Å². The molecule has 4 rings (SSSR count). The number of rotatable bonds is 9. The van der Waals surface area contributed by atoms with Gasteiger partial charge in [-0.3, -0.25) is 4.79 Å². The Balaban J connectivity index is 1.39. The van der Waals surface area contributed by atoms with E-state index in [1.165, 1.54) is 31.1 Å². The lowest BCUT2D eigenvalue weighted by Gasteiger charge is -2.23. The molecular formula is C25H30O4. The van der Waals surface area contributed by atoms with Gasteiger partial charge in [-0.15, -0.1) is 0 Å². The van der Waals surface area contributed by atoms with Crippen molar-refractivity contribution < 1.29 is 19.0 Å². The highest BCUT2D eigenvalue weighted by molar-refractivity contribution is 5.73. The summed E-state index contributed by atoms with van der Waals surface area (Å²) in [5, 5.41) is 0. The summed E-state index contributed by atoms with van der Waals surface area (Å²) in [5.74, 6) is 3.40. The Bertz CT molecular complexity index is 857. The van der Waals surface area contributed by atoms with E-state index in [-0.39, 0.29) is 17.8 Å². The Morgan fingerprint density at radius 3 is 2.55 bits per heavy atom. The molecule has 2 aromatic rings. The second kappa shape index (κ2) is 8.48. The SMILES string of the molecule is COC(=O)C(C)[C@H](c1cccc(OCC2CC2c2cccc(OC)c2)c1)C1CC1. The summed E-state index contributed by atoms with van der Waals surface area (Å²) in [6, 6.07) is 16.6. The van der Waals surface area contributed by atoms with Crippen molar-refractivity contribution in [2.75, 3.05) is 20.8 Å². The van der Waals surface area contributed by atoms with E-state index in [9.17, 15) is 4.79 Å². The summed E-state index contributed by atoms with van der Waals surface area (Å²) < 4.78 is 16.5. The van der Waals surface area contributed by atoms with E-state index in [4.69, 9.17) is 14.2 Å². The molecule has 0 saturated heterocycles. The summed E-state index contributed by atoms with van der Waals surface area (Å²) in [5.41, 5.74) is 2.51. The van der Waals surface area contributed by atoms with Gasteiger partial charge in [0.1, 0.15) is 11.5 Å². The molecule has 4 heteroatoms. The minimum Gasteiger partial charge on any atom is -0.497 e. The molecule has 2 aromatic carbocycles. The average molecular weight is 395 g/mol. The van der Waals surface area contributed by atoms with Crippen molar-refractivity contribution in [3.8, 4) is 11.5 Å². The minimum absolute atomic E-state index is 0.132. The Morgan fingerprint density at radius 2 is 1.83 bits per heavy atom. The lowest BCUT2D eigenvalue weighted by Crippen LogP contribution is -2.22. The molecule has 2 aliphatic rings. The molecule has 2 aliphatic carbocycles. The summed E-state index contributed by atoms with van der Waals surface area (Å²) in [6.45, 7) is 2.69. The maximum atomic E-state index is 12.1. The highest BCUT2D eigenvalue weighted by Crippen LogP contribution is 2.49. The lowest BCUT2D eigenvalue weighted by atomic mass is 9.83. The molecule has 29 heavy (non-hydrogen) atoms. The third-order valence-corrected chi connectivity index (χ3v) is 6.39. The van der Waals surface area contributed by atoms with Crippen LogP contribution in [0.2, 0.25) is 0 Å². The van der Waals surface area contributed by atoms with Gasteiger partial charge in [-0.05, 0) is 72.4 Å². The van der Waals surface area contributed by atoms with E-state index in [1.807, 2.05) is 31.2 Å². The van der Waals surface area contributed by atoms with Crippen molar-refractivity contribution in [3.63, 3.8) is 0 Å². The van der Waals surface area contributed by atoms with Crippen LogP contribution in [0.5, 0.6) is 11.5 Å². The number of ether oxygens (including phenoxy) is 3. The monoisotopic (exact) mass is 394 g/mol. The number of carbonyl (C=O) groups is 1. The van der Waals surface area contributed by atoms with E-state index >= 15 is 0 Å². The maximum absolute atomic E-state index is 12.1. The van der Waals surface area contributed by atoms with Crippen LogP contribution in [0.4, 0.5) is 0 Å². The molecule has 0 aliphatic heterocycles. The first-order valence-electron chi connectivity index (χ1n) is 10.5. The van der Waals surface area contributed by atoms with Gasteiger partial charge in [-0.25, -0.2) is 0 Å². The number of carbonyl (C=O) groups excluding carboxylic acids is 1. The van der Waals surface area contributed by atoms with Crippen LogP contribution in [0, 0.1) is 17.8 Å². The molecule has 0 bridgehead atoms. The van der Waals surface area contributed by atoms with Crippen LogP contribution < -0.4 is 9.47 Å². The molecule has 0 amide bonds. The summed E-state index contributed by atoms with van der Waals surface area (Å²) in [7, 11) is 3.17. The standard InChI is InChI=1S/C25H30O4/c1-16(25(26)28-3)24(17-10-11-17)19-7-5-9-22(13-19)29-15-20-14-23(20)18-6-4-8-21(12-18)27-2/h4-9,12-13,16-17,20,23-24H,10-11,14-15H2,1-3H3/t16?,20?,23?,24-/m0/s1. The van der Waals surface area contributed by atoms with Gasteiger partial charge >= 0.3 is 5.97 Å². The lowest BCUT2D eigenvalue weighted by molar-refractivity contribution is -0.145. The fraction of sp³-hybridized carbons (Fsp3) is 0.480. The Hall–Kier alpha value is -2.49. The van der Waals surface area contributed by atoms with Crippen molar-refractivity contribution in [1.29, 1.82) is 0 Å². The van der Waals surface area contributed by atoms with Crippen LogP contribution in [0.25, 0.3) is 0 Å². The second-order valence-electron chi connectivity index (χ2n) is 8.44. The number of hydrogen-bond donors (Lipinski definition) is 0. The van der Waals surface area contributed by atoms with E-state index in [1.54, 1.807) is 7.11 Å². The predicted molar refractivity (Wildman–Crippen MR) is 112 cm³/mol. The molecule has 0 heterocycles. The Morgan fingerprint density at radius 1 is 1.07 bits per heavy atom. The van der Waals surface area contributed by atoms with E-state index < -0.39 is 0 Å². The average Bonchev–Trinajstić information content (AvgIpc) is 3.67. The van der Waals surface area contributed by atoms with Crippen LogP contribution in [-0.4, -0.2) is 26.8 Å². The molecule has 2 fully saturated rings. The quantitative estimate of drug-likeness (QED) is 0.550. The summed E-state index contributed by atoms with van der Waals surface area (Å²) in [6.07, 6.45) is 3.51. The van der Waals surface area contributed by atoms with E-state index in [2.05, 4.69) is 24.3 Å². The molecule has 0 aromatic heterocycles. The minimum atomic E-state index is -0.136. The van der Waals surface area contributed by atoms with Crippen molar-refractivity contribution >= 4 is 5.97 Å². The second-order valence-corrected chi connectivity index (χ2v) is 8.44. The highest BCUT2D eigenvalue weighted by atomic mass is 16.5. The van der Waals surface area contributed by atoms with Crippen LogP contribution >= 0.6 is 0 Å². The van der Waals surface area contributed by atoms with Crippen molar-refractivity contribution in [1.82, 2.24) is 0 Å². The van der Waals surface area contributed by atoms with Crippen LogP contribution in [0.3, 0.4) is 0 Å². The molecule has 4 atom stereocenters. The fourth-order valence-electron chi connectivity index (χ4n) is 4.48. The molecule has 3 unspecified atom stereocenters. The third kappa shape index (κ3) is 4.58. The Labute approximate surface area is 173 Å². The highest BCUT2D eigenvalue weighted by Gasteiger charge is 2.40. The fourth-order valence-corrected chi connectivity index (χ4v) is 4.48. The van der Waals surface area contributed by atoms with Gasteiger partial charge in [0.05, 0.1) is 26.7 Å². The molecule has 0 radical (unpaired) electrons. The van der Waals surface area contributed by atoms with Gasteiger partial charge in [-0.1, -0.05) is 31.2 Å². The number of methoxy groups -OCH3 is 2. The van der Waals surface area contributed by atoms with Crippen LogP contribution in [0.15, 0.2) is 48.5 Å². The van der Waals surface area contributed by atoms with Crippen molar-refractivity contribution in [3.05, 3.63) is 59.7 Å². The molecule has 2 saturated carbocycles. The molecule has 4 nitrogen and oxygen atoms in total. The first-order valence-corrected chi connectivity index (χ1v) is 10.5. The van der Waals surface area contributed by atoms with E-state index in [0.717, 1.165) is 17.9 Å². The zero-order chi connectivity index (χ0) is 20.4. The van der Waals surface area contributed by atoms with Gasteiger partial charge in [-0.2, -0.15) is 0 Å². The first-order chi connectivity index (χ1) is 14.1. The van der Waals surface area contributed by atoms with Crippen LogP contribution in [-0.2, 0) is 9.53 Å². The largest absolute Gasteiger partial charge is 0.497 e. The number of hydrogen-bond acceptors (Lipinski definition) is 4. The van der Waals surface area contributed by atoms with Crippen molar-refractivity contribution in [2.24, 2.45) is 17.8 Å². The first kappa shape index (κ1) is 19.8. The molecule has 0 N–H and O–H groups in total.